The van der Waals surface area contributed by atoms with E-state index in [1.54, 1.807) is 19.9 Å². The Labute approximate surface area is 319 Å². The van der Waals surface area contributed by atoms with Gasteiger partial charge in [0, 0.05) is 30.8 Å². The number of aliphatic hydroxyl groups excluding tert-OH is 4. The molecule has 0 aromatic heterocycles. The quantitative estimate of drug-likeness (QED) is 0.188. The van der Waals surface area contributed by atoms with Crippen molar-refractivity contribution in [3.8, 4) is 0 Å². The van der Waals surface area contributed by atoms with Crippen LogP contribution in [-0.4, -0.2) is 124 Å². The van der Waals surface area contributed by atoms with Crippen LogP contribution in [0.5, 0.6) is 0 Å². The average Bonchev–Trinajstić information content (AvgIpc) is 3.66. The number of cyclic esters (lactones) is 1. The molecule has 8 aliphatic rings. The predicted octanol–water partition coefficient (Wildman–Crippen LogP) is 3.25. The fourth-order valence-corrected chi connectivity index (χ4v) is 12.8. The Morgan fingerprint density at radius 1 is 0.685 bits per heavy atom. The normalized spacial score (nSPS) is 55.0. The molecule has 0 unspecified atom stereocenters. The second-order valence-corrected chi connectivity index (χ2v) is 18.7. The molecule has 0 radical (unpaired) electrons. The third-order valence-electron chi connectivity index (χ3n) is 15.9. The van der Waals surface area contributed by atoms with Crippen LogP contribution in [0.1, 0.15) is 112 Å². The van der Waals surface area contributed by atoms with Crippen LogP contribution in [0.4, 0.5) is 0 Å². The first kappa shape index (κ1) is 39.6. The molecule has 0 aromatic carbocycles. The lowest BCUT2D eigenvalue weighted by Gasteiger charge is -2.64. The minimum Gasteiger partial charge on any atom is -0.458 e. The van der Waals surface area contributed by atoms with E-state index in [1.807, 2.05) is 6.92 Å². The molecule has 0 spiro atoms. The van der Waals surface area contributed by atoms with Gasteiger partial charge in [-0.3, -0.25) is 0 Å². The number of fused-ring (bicyclic) bond motifs is 5. The molecule has 0 aromatic rings. The molecule has 0 amide bonds. The van der Waals surface area contributed by atoms with Crippen LogP contribution in [0.2, 0.25) is 0 Å². The van der Waals surface area contributed by atoms with Crippen LogP contribution >= 0.6 is 0 Å². The van der Waals surface area contributed by atoms with Gasteiger partial charge < -0.3 is 58.7 Å². The molecule has 3 saturated heterocycles. The maximum atomic E-state index is 12.6. The summed E-state index contributed by atoms with van der Waals surface area (Å²) >= 11 is 0. The topological polar surface area (TPSA) is 183 Å². The summed E-state index contributed by atoms with van der Waals surface area (Å²) < 4.78 is 42.2. The molecule has 7 fully saturated rings. The molecule has 4 aliphatic heterocycles. The Hall–Kier alpha value is -1.23. The maximum Gasteiger partial charge on any atom is 0.331 e. The number of esters is 1. The van der Waals surface area contributed by atoms with E-state index in [0.29, 0.717) is 18.4 Å². The molecule has 8 rings (SSSR count). The van der Waals surface area contributed by atoms with Gasteiger partial charge in [0.2, 0.25) is 0 Å². The smallest absolute Gasteiger partial charge is 0.331 e. The molecule has 4 heterocycles. The number of hydrogen-bond donors (Lipinski definition) is 5. The number of ether oxygens (including phenoxy) is 7. The molecule has 4 aliphatic carbocycles. The lowest BCUT2D eigenvalue weighted by Crippen LogP contribution is -2.62. The summed E-state index contributed by atoms with van der Waals surface area (Å²) in [5, 5.41) is 55.0. The van der Waals surface area contributed by atoms with Gasteiger partial charge in [0.1, 0.15) is 24.9 Å². The maximum absolute atomic E-state index is 12.6. The number of rotatable bonds is 7. The molecule has 5 N–H and O–H groups in total. The third kappa shape index (κ3) is 6.82. The van der Waals surface area contributed by atoms with E-state index in [2.05, 4.69) is 13.8 Å². The van der Waals surface area contributed by atoms with Crippen molar-refractivity contribution in [3.63, 3.8) is 0 Å². The van der Waals surface area contributed by atoms with Crippen molar-refractivity contribution < 1.29 is 63.5 Å². The monoisotopic (exact) mass is 764 g/mol. The fourth-order valence-electron chi connectivity index (χ4n) is 12.8. The van der Waals surface area contributed by atoms with Crippen LogP contribution in [-0.2, 0) is 38.0 Å². The van der Waals surface area contributed by atoms with Crippen molar-refractivity contribution in [2.45, 2.75) is 197 Å². The highest BCUT2D eigenvalue weighted by atomic mass is 16.7. The number of carbonyl (C=O) groups is 1. The van der Waals surface area contributed by atoms with E-state index >= 15 is 0 Å². The number of aliphatic hydroxyl groups is 5. The standard InChI is InChI=1S/C41H64O13/c1-20-36(46)29(42)16-34(49-20)53-38-22(3)51-35(18-31(38)44)54-37-21(2)50-33(17-30(37)43)52-25-8-11-39(4)24(15-25)6-7-28-27(39)9-12-40(5)26(10-13-41(28,40)47)23-14-32(45)48-19-23/h14,20-22,24-31,33-38,42-44,46-47H,6-13,15-19H2,1-5H3/t20-,21+,22+,24+,25-,26+,27-,28+,29+,30+,31+,33-,34-,35-,36+,37+,38+,39-,40+,41-/m0/s1. The number of hydrogen-bond acceptors (Lipinski definition) is 13. The van der Waals surface area contributed by atoms with E-state index in [4.69, 9.17) is 33.2 Å². The minimum absolute atomic E-state index is 0.0243. The van der Waals surface area contributed by atoms with Crippen LogP contribution in [0, 0.1) is 34.5 Å². The van der Waals surface area contributed by atoms with E-state index in [1.165, 1.54) is 0 Å². The largest absolute Gasteiger partial charge is 0.458 e. The Morgan fingerprint density at radius 2 is 1.30 bits per heavy atom. The van der Waals surface area contributed by atoms with Gasteiger partial charge in [-0.05, 0) is 113 Å². The minimum atomic E-state index is -0.996. The van der Waals surface area contributed by atoms with Crippen molar-refractivity contribution in [1.82, 2.24) is 0 Å². The highest BCUT2D eigenvalue weighted by Crippen LogP contribution is 2.70. The summed E-state index contributed by atoms with van der Waals surface area (Å²) in [6.07, 6.45) is 1.90. The average molecular weight is 765 g/mol. The van der Waals surface area contributed by atoms with Crippen molar-refractivity contribution in [2.75, 3.05) is 6.61 Å². The van der Waals surface area contributed by atoms with Crippen molar-refractivity contribution in [1.29, 1.82) is 0 Å². The van der Waals surface area contributed by atoms with E-state index in [9.17, 15) is 30.3 Å². The van der Waals surface area contributed by atoms with Gasteiger partial charge in [0.05, 0.1) is 48.3 Å². The Morgan fingerprint density at radius 3 is 1.89 bits per heavy atom. The summed E-state index contributed by atoms with van der Waals surface area (Å²) in [7, 11) is 0. The van der Waals surface area contributed by atoms with E-state index in [-0.39, 0.29) is 54.0 Å². The molecule has 0 bridgehead atoms. The number of carbonyl (C=O) groups excluding carboxylic acids is 1. The zero-order chi connectivity index (χ0) is 38.3. The predicted molar refractivity (Wildman–Crippen MR) is 191 cm³/mol. The van der Waals surface area contributed by atoms with Gasteiger partial charge in [0.25, 0.3) is 0 Å². The van der Waals surface area contributed by atoms with Gasteiger partial charge >= 0.3 is 5.97 Å². The Kier molecular flexibility index (Phi) is 10.9. The van der Waals surface area contributed by atoms with Crippen LogP contribution in [0.15, 0.2) is 11.6 Å². The zero-order valence-electron chi connectivity index (χ0n) is 32.6. The third-order valence-corrected chi connectivity index (χ3v) is 15.9. The summed E-state index contributed by atoms with van der Waals surface area (Å²) in [6, 6.07) is 0. The van der Waals surface area contributed by atoms with E-state index < -0.39 is 79.4 Å². The summed E-state index contributed by atoms with van der Waals surface area (Å²) in [5.41, 5.74) is 0.215. The van der Waals surface area contributed by atoms with Crippen LogP contribution in [0.3, 0.4) is 0 Å². The molecule has 13 heteroatoms. The lowest BCUT2D eigenvalue weighted by atomic mass is 9.43. The molecular formula is C41H64O13. The van der Waals surface area contributed by atoms with Gasteiger partial charge in [-0.25, -0.2) is 4.79 Å². The second-order valence-electron chi connectivity index (χ2n) is 18.7. The van der Waals surface area contributed by atoms with Crippen LogP contribution < -0.4 is 0 Å². The highest BCUT2D eigenvalue weighted by Gasteiger charge is 2.68. The van der Waals surface area contributed by atoms with Gasteiger partial charge in [0.15, 0.2) is 18.9 Å². The zero-order valence-corrected chi connectivity index (χ0v) is 32.6. The van der Waals surface area contributed by atoms with Gasteiger partial charge in [-0.1, -0.05) is 13.8 Å². The van der Waals surface area contributed by atoms with Gasteiger partial charge in [-0.15, -0.1) is 0 Å². The summed E-state index contributed by atoms with van der Waals surface area (Å²) in [6.45, 7) is 10.4. The summed E-state index contributed by atoms with van der Waals surface area (Å²) in [5.74, 6) is 1.13. The highest BCUT2D eigenvalue weighted by molar-refractivity contribution is 5.85. The Bertz CT molecular complexity index is 1370. The lowest BCUT2D eigenvalue weighted by molar-refractivity contribution is -0.336. The molecular weight excluding hydrogens is 700 g/mol. The molecule has 13 nitrogen and oxygen atoms in total. The molecule has 20 atom stereocenters. The molecule has 306 valence electrons. The van der Waals surface area contributed by atoms with Crippen molar-refractivity contribution in [3.05, 3.63) is 11.6 Å². The Balaban J connectivity index is 0.826. The van der Waals surface area contributed by atoms with Crippen LogP contribution in [0.25, 0.3) is 0 Å². The molecule has 54 heavy (non-hydrogen) atoms. The summed E-state index contributed by atoms with van der Waals surface area (Å²) in [4.78, 5) is 11.9. The van der Waals surface area contributed by atoms with Gasteiger partial charge in [-0.2, -0.15) is 0 Å². The first-order valence-electron chi connectivity index (χ1n) is 20.8. The SMILES string of the molecule is C[C@@H]1O[C@@H](O[C@H]2[C@H](O)C[C@H](O[C@H]3[C@H](O)C[C@H](O[C@H]4CC[C@@]5(C)[C@H](CC[C@@H]6[C@@H]5CC[C@]5(C)[C@@H](C7=CC(=O)OC7)CC[C@]65O)C4)O[C@@H]3C)O[C@@H]2C)C[C@@H](O)[C@@H]1O. The molecule has 4 saturated carbocycles. The van der Waals surface area contributed by atoms with E-state index in [0.717, 1.165) is 63.4 Å². The van der Waals surface area contributed by atoms with Crippen molar-refractivity contribution >= 4 is 5.97 Å². The first-order chi connectivity index (χ1) is 25.6. The fraction of sp³-hybridized carbons (Fsp3) is 0.927. The first-order valence-corrected chi connectivity index (χ1v) is 20.8. The second kappa shape index (κ2) is 14.9. The van der Waals surface area contributed by atoms with Crippen molar-refractivity contribution in [2.24, 2.45) is 34.5 Å².